The summed E-state index contributed by atoms with van der Waals surface area (Å²) >= 11 is 0. The van der Waals surface area contributed by atoms with E-state index in [4.69, 9.17) is 4.52 Å². The number of hydrogen-bond donors (Lipinski definition) is 0. The number of carbonyl (C=O) groups is 1. The fourth-order valence-electron chi connectivity index (χ4n) is 2.93. The van der Waals surface area contributed by atoms with Gasteiger partial charge in [0.25, 0.3) is 0 Å². The number of rotatable bonds is 5. The summed E-state index contributed by atoms with van der Waals surface area (Å²) < 4.78 is 17.9. The zero-order valence-corrected chi connectivity index (χ0v) is 13.9. The Balaban J connectivity index is 1.42. The van der Waals surface area contributed by atoms with Gasteiger partial charge >= 0.3 is 0 Å². The molecular formula is C18H22FN3O2. The highest BCUT2D eigenvalue weighted by atomic mass is 19.1. The summed E-state index contributed by atoms with van der Waals surface area (Å²) in [4.78, 5) is 16.5. The van der Waals surface area contributed by atoms with Crippen LogP contribution in [0.3, 0.4) is 0 Å². The van der Waals surface area contributed by atoms with Crippen molar-refractivity contribution < 1.29 is 13.7 Å². The highest BCUT2D eigenvalue weighted by Gasteiger charge is 2.21. The Bertz CT molecular complexity index is 676. The number of amides is 1. The van der Waals surface area contributed by atoms with Gasteiger partial charge in [-0.05, 0) is 31.0 Å². The van der Waals surface area contributed by atoms with Gasteiger partial charge in [-0.1, -0.05) is 17.3 Å². The van der Waals surface area contributed by atoms with E-state index in [1.54, 1.807) is 6.07 Å². The average molecular weight is 331 g/mol. The summed E-state index contributed by atoms with van der Waals surface area (Å²) in [6.45, 7) is 5.95. The molecule has 1 fully saturated rings. The van der Waals surface area contributed by atoms with E-state index in [9.17, 15) is 9.18 Å². The number of nitrogens with zero attached hydrogens (tertiary/aromatic N) is 3. The number of aryl methyl sites for hydroxylation is 1. The van der Waals surface area contributed by atoms with Gasteiger partial charge < -0.3 is 9.42 Å². The molecule has 0 unspecified atom stereocenters. The van der Waals surface area contributed by atoms with Gasteiger partial charge in [-0.2, -0.15) is 0 Å². The predicted molar refractivity (Wildman–Crippen MR) is 88.1 cm³/mol. The standard InChI is InChI=1S/C18H22FN3O2/c1-14-12-17(20-24-14)13-18(23)22-10-8-21(9-11-22)7-6-15-2-4-16(19)5-3-15/h2-5,12H,6-11,13H2,1H3. The number of halogens is 1. The van der Waals surface area contributed by atoms with Gasteiger partial charge in [0.15, 0.2) is 0 Å². The highest BCUT2D eigenvalue weighted by Crippen LogP contribution is 2.09. The lowest BCUT2D eigenvalue weighted by atomic mass is 10.1. The lowest BCUT2D eigenvalue weighted by Gasteiger charge is -2.34. The molecule has 0 saturated carbocycles. The van der Waals surface area contributed by atoms with E-state index in [1.807, 2.05) is 24.0 Å². The number of carbonyl (C=O) groups excluding carboxylic acids is 1. The Hall–Kier alpha value is -2.21. The Kier molecular flexibility index (Phi) is 5.25. The molecule has 1 aromatic heterocycles. The molecule has 1 saturated heterocycles. The van der Waals surface area contributed by atoms with Gasteiger partial charge in [0.1, 0.15) is 11.6 Å². The second-order valence-corrected chi connectivity index (χ2v) is 6.20. The van der Waals surface area contributed by atoms with Crippen LogP contribution in [0.2, 0.25) is 0 Å². The van der Waals surface area contributed by atoms with Crippen LogP contribution in [0.15, 0.2) is 34.9 Å². The van der Waals surface area contributed by atoms with Crippen molar-refractivity contribution in [2.75, 3.05) is 32.7 Å². The van der Waals surface area contributed by atoms with Crippen LogP contribution in [0, 0.1) is 12.7 Å². The maximum Gasteiger partial charge on any atom is 0.228 e. The van der Waals surface area contributed by atoms with Crippen molar-refractivity contribution in [2.45, 2.75) is 19.8 Å². The Morgan fingerprint density at radius 3 is 2.54 bits per heavy atom. The summed E-state index contributed by atoms with van der Waals surface area (Å²) in [7, 11) is 0. The molecule has 0 aliphatic carbocycles. The fraction of sp³-hybridized carbons (Fsp3) is 0.444. The number of aromatic nitrogens is 1. The normalized spacial score (nSPS) is 15.7. The van der Waals surface area contributed by atoms with E-state index in [2.05, 4.69) is 10.1 Å². The van der Waals surface area contributed by atoms with Crippen molar-refractivity contribution in [3.63, 3.8) is 0 Å². The second kappa shape index (κ2) is 7.57. The van der Waals surface area contributed by atoms with Crippen LogP contribution in [-0.4, -0.2) is 53.6 Å². The molecule has 1 aromatic carbocycles. The van der Waals surface area contributed by atoms with Crippen molar-refractivity contribution >= 4 is 5.91 Å². The molecule has 0 atom stereocenters. The molecule has 2 heterocycles. The van der Waals surface area contributed by atoms with Gasteiger partial charge in [0.2, 0.25) is 5.91 Å². The van der Waals surface area contributed by atoms with Gasteiger partial charge in [-0.15, -0.1) is 0 Å². The van der Waals surface area contributed by atoms with Gasteiger partial charge in [-0.3, -0.25) is 9.69 Å². The summed E-state index contributed by atoms with van der Waals surface area (Å²) in [5, 5.41) is 3.88. The number of benzene rings is 1. The van der Waals surface area contributed by atoms with Crippen LogP contribution in [0.4, 0.5) is 4.39 Å². The van der Waals surface area contributed by atoms with Gasteiger partial charge in [0.05, 0.1) is 12.1 Å². The minimum atomic E-state index is -0.201. The largest absolute Gasteiger partial charge is 0.361 e. The molecule has 0 N–H and O–H groups in total. The summed E-state index contributed by atoms with van der Waals surface area (Å²) in [6.07, 6.45) is 1.19. The highest BCUT2D eigenvalue weighted by molar-refractivity contribution is 5.78. The first-order chi connectivity index (χ1) is 11.6. The molecule has 2 aromatic rings. The zero-order valence-electron chi connectivity index (χ0n) is 13.9. The van der Waals surface area contributed by atoms with Crippen LogP contribution >= 0.6 is 0 Å². The van der Waals surface area contributed by atoms with Crippen molar-refractivity contribution in [1.29, 1.82) is 0 Å². The molecule has 6 heteroatoms. The molecule has 1 amide bonds. The maximum absolute atomic E-state index is 12.9. The monoisotopic (exact) mass is 331 g/mol. The molecule has 5 nitrogen and oxygen atoms in total. The lowest BCUT2D eigenvalue weighted by Crippen LogP contribution is -2.49. The smallest absolute Gasteiger partial charge is 0.228 e. The number of piperazine rings is 1. The maximum atomic E-state index is 12.9. The third-order valence-corrected chi connectivity index (χ3v) is 4.36. The van der Waals surface area contributed by atoms with Crippen molar-refractivity contribution in [1.82, 2.24) is 15.0 Å². The molecule has 3 rings (SSSR count). The van der Waals surface area contributed by atoms with Crippen LogP contribution in [0.25, 0.3) is 0 Å². The minimum absolute atomic E-state index is 0.0986. The van der Waals surface area contributed by atoms with E-state index in [-0.39, 0.29) is 11.7 Å². The van der Waals surface area contributed by atoms with Crippen LogP contribution in [-0.2, 0) is 17.6 Å². The van der Waals surface area contributed by atoms with E-state index < -0.39 is 0 Å². The first-order valence-electron chi connectivity index (χ1n) is 8.27. The molecule has 0 spiro atoms. The molecule has 1 aliphatic rings. The molecule has 24 heavy (non-hydrogen) atoms. The second-order valence-electron chi connectivity index (χ2n) is 6.20. The van der Waals surface area contributed by atoms with Crippen LogP contribution in [0.5, 0.6) is 0 Å². The van der Waals surface area contributed by atoms with Crippen molar-refractivity contribution in [3.05, 3.63) is 53.2 Å². The summed E-state index contributed by atoms with van der Waals surface area (Å²) in [6, 6.07) is 8.45. The average Bonchev–Trinajstić information content (AvgIpc) is 2.99. The summed E-state index contributed by atoms with van der Waals surface area (Å²) in [5.74, 6) is 0.623. The fourth-order valence-corrected chi connectivity index (χ4v) is 2.93. The molecular weight excluding hydrogens is 309 g/mol. The van der Waals surface area contributed by atoms with Gasteiger partial charge in [0, 0.05) is 38.8 Å². The van der Waals surface area contributed by atoms with Crippen LogP contribution < -0.4 is 0 Å². The molecule has 1 aliphatic heterocycles. The minimum Gasteiger partial charge on any atom is -0.361 e. The third kappa shape index (κ3) is 4.41. The number of hydrogen-bond acceptors (Lipinski definition) is 4. The molecule has 0 radical (unpaired) electrons. The SMILES string of the molecule is Cc1cc(CC(=O)N2CCN(CCc3ccc(F)cc3)CC2)no1. The lowest BCUT2D eigenvalue weighted by molar-refractivity contribution is -0.132. The first-order valence-corrected chi connectivity index (χ1v) is 8.27. The van der Waals surface area contributed by atoms with Crippen molar-refractivity contribution in [3.8, 4) is 0 Å². The zero-order chi connectivity index (χ0) is 16.9. The first kappa shape index (κ1) is 16.6. The topological polar surface area (TPSA) is 49.6 Å². The Morgan fingerprint density at radius 2 is 1.92 bits per heavy atom. The van der Waals surface area contributed by atoms with Gasteiger partial charge in [-0.25, -0.2) is 4.39 Å². The van der Waals surface area contributed by atoms with E-state index in [1.165, 1.54) is 12.1 Å². The predicted octanol–water partition coefficient (Wildman–Crippen LogP) is 2.05. The Morgan fingerprint density at radius 1 is 1.21 bits per heavy atom. The summed E-state index contributed by atoms with van der Waals surface area (Å²) in [5.41, 5.74) is 1.83. The third-order valence-electron chi connectivity index (χ3n) is 4.36. The molecule has 0 bridgehead atoms. The van der Waals surface area contributed by atoms with Crippen LogP contribution in [0.1, 0.15) is 17.0 Å². The quantitative estimate of drug-likeness (QED) is 0.841. The van der Waals surface area contributed by atoms with Crippen molar-refractivity contribution in [2.24, 2.45) is 0 Å². The van der Waals surface area contributed by atoms with E-state index >= 15 is 0 Å². The van der Waals surface area contributed by atoms with E-state index in [0.717, 1.165) is 50.5 Å². The van der Waals surface area contributed by atoms with E-state index in [0.29, 0.717) is 12.1 Å². The Labute approximate surface area is 141 Å². The molecule has 128 valence electrons.